The van der Waals surface area contributed by atoms with Crippen molar-refractivity contribution in [1.29, 1.82) is 0 Å². The summed E-state index contributed by atoms with van der Waals surface area (Å²) in [6.07, 6.45) is 4.35. The molecule has 0 radical (unpaired) electrons. The Hall–Kier alpha value is 0.200. The monoisotopic (exact) mass is 281 g/mol. The number of piperidine rings is 1. The highest BCUT2D eigenvalue weighted by Gasteiger charge is 2.19. The van der Waals surface area contributed by atoms with Crippen LogP contribution in [-0.2, 0) is 9.84 Å². The van der Waals surface area contributed by atoms with Gasteiger partial charge in [-0.1, -0.05) is 6.92 Å². The fourth-order valence-corrected chi connectivity index (χ4v) is 3.56. The normalized spacial score (nSPS) is 22.8. The molecular formula is C12H24ClNO2S. The van der Waals surface area contributed by atoms with Crippen LogP contribution in [0.2, 0.25) is 0 Å². The maximum Gasteiger partial charge on any atom is 0.150 e. The molecule has 1 aliphatic heterocycles. The van der Waals surface area contributed by atoms with Crippen molar-refractivity contribution in [3.05, 3.63) is 0 Å². The van der Waals surface area contributed by atoms with Crippen LogP contribution in [-0.4, -0.2) is 50.3 Å². The van der Waals surface area contributed by atoms with Gasteiger partial charge in [0.05, 0.1) is 5.75 Å². The second-order valence-electron chi connectivity index (χ2n) is 4.88. The Kier molecular flexibility index (Phi) is 6.82. The van der Waals surface area contributed by atoms with Crippen LogP contribution in [0.4, 0.5) is 0 Å². The van der Waals surface area contributed by atoms with Crippen molar-refractivity contribution in [3.63, 3.8) is 0 Å². The fourth-order valence-electron chi connectivity index (χ4n) is 2.40. The Labute approximate surface area is 110 Å². The highest BCUT2D eigenvalue weighted by molar-refractivity contribution is 7.91. The molecule has 0 aromatic heterocycles. The summed E-state index contributed by atoms with van der Waals surface area (Å²) in [4.78, 5) is 2.39. The number of hydrogen-bond acceptors (Lipinski definition) is 3. The van der Waals surface area contributed by atoms with Crippen LogP contribution in [0.15, 0.2) is 0 Å². The summed E-state index contributed by atoms with van der Waals surface area (Å²) in [5.74, 6) is 2.05. The second-order valence-corrected chi connectivity index (χ2v) is 7.73. The third-order valence-electron chi connectivity index (χ3n) is 3.49. The molecule has 1 unspecified atom stereocenters. The summed E-state index contributed by atoms with van der Waals surface area (Å²) in [6, 6.07) is 0. The predicted octanol–water partition coefficient (Wildman–Crippen LogP) is 2.15. The average molecular weight is 282 g/mol. The summed E-state index contributed by atoms with van der Waals surface area (Å²) in [6.45, 7) is 4.84. The lowest BCUT2D eigenvalue weighted by Gasteiger charge is -2.32. The van der Waals surface area contributed by atoms with Crippen molar-refractivity contribution in [2.24, 2.45) is 5.92 Å². The number of likely N-dealkylation sites (tertiary alicyclic amines) is 1. The minimum atomic E-state index is -2.79. The minimum Gasteiger partial charge on any atom is -0.303 e. The van der Waals surface area contributed by atoms with Crippen molar-refractivity contribution in [3.8, 4) is 0 Å². The van der Waals surface area contributed by atoms with Gasteiger partial charge in [0.1, 0.15) is 9.84 Å². The molecule has 5 heteroatoms. The molecule has 0 N–H and O–H groups in total. The van der Waals surface area contributed by atoms with Gasteiger partial charge in [0, 0.05) is 18.2 Å². The first-order valence-corrected chi connectivity index (χ1v) is 8.91. The van der Waals surface area contributed by atoms with Crippen molar-refractivity contribution < 1.29 is 8.42 Å². The number of rotatable bonds is 7. The zero-order valence-corrected chi connectivity index (χ0v) is 12.3. The molecular weight excluding hydrogens is 258 g/mol. The number of alkyl halides is 1. The summed E-state index contributed by atoms with van der Waals surface area (Å²) in [5.41, 5.74) is 0. The third kappa shape index (κ3) is 6.07. The second kappa shape index (κ2) is 7.59. The summed E-state index contributed by atoms with van der Waals surface area (Å²) < 4.78 is 22.7. The standard InChI is InChI=1S/C12H24ClNO2S/c1-2-17(15,16)10-4-9-14-8-3-5-12(11-14)6-7-13/h12H,2-11H2,1H3. The van der Waals surface area contributed by atoms with E-state index in [1.54, 1.807) is 6.92 Å². The maximum absolute atomic E-state index is 11.4. The van der Waals surface area contributed by atoms with Gasteiger partial charge in [-0.3, -0.25) is 0 Å². The van der Waals surface area contributed by atoms with Gasteiger partial charge < -0.3 is 4.90 Å². The number of hydrogen-bond donors (Lipinski definition) is 0. The Bertz CT molecular complexity index is 304. The van der Waals surface area contributed by atoms with Gasteiger partial charge in [-0.25, -0.2) is 8.42 Å². The molecule has 0 bridgehead atoms. The molecule has 1 aliphatic rings. The van der Waals surface area contributed by atoms with E-state index in [-0.39, 0.29) is 5.75 Å². The van der Waals surface area contributed by atoms with E-state index in [2.05, 4.69) is 4.90 Å². The fraction of sp³-hybridized carbons (Fsp3) is 1.00. The lowest BCUT2D eigenvalue weighted by Crippen LogP contribution is -2.36. The van der Waals surface area contributed by atoms with Gasteiger partial charge in [-0.05, 0) is 44.7 Å². The Morgan fingerprint density at radius 1 is 1.41 bits per heavy atom. The topological polar surface area (TPSA) is 37.4 Å². The van der Waals surface area contributed by atoms with Crippen LogP contribution in [0, 0.1) is 5.92 Å². The minimum absolute atomic E-state index is 0.266. The lowest BCUT2D eigenvalue weighted by atomic mass is 9.95. The van der Waals surface area contributed by atoms with Gasteiger partial charge >= 0.3 is 0 Å². The Balaban J connectivity index is 2.23. The quantitative estimate of drug-likeness (QED) is 0.671. The molecule has 3 nitrogen and oxygen atoms in total. The summed E-state index contributed by atoms with van der Waals surface area (Å²) in [7, 11) is -2.79. The van der Waals surface area contributed by atoms with E-state index >= 15 is 0 Å². The molecule has 0 spiro atoms. The van der Waals surface area contributed by atoms with Crippen LogP contribution in [0.3, 0.4) is 0 Å². The van der Waals surface area contributed by atoms with Crippen LogP contribution >= 0.6 is 11.6 Å². The van der Waals surface area contributed by atoms with E-state index < -0.39 is 9.84 Å². The summed E-state index contributed by atoms with van der Waals surface area (Å²) in [5, 5.41) is 0. The van der Waals surface area contributed by atoms with Gasteiger partial charge in [0.15, 0.2) is 0 Å². The lowest BCUT2D eigenvalue weighted by molar-refractivity contribution is 0.173. The zero-order chi connectivity index (χ0) is 12.7. The van der Waals surface area contributed by atoms with Crippen molar-refractivity contribution in [2.75, 3.05) is 37.0 Å². The molecule has 17 heavy (non-hydrogen) atoms. The first-order valence-electron chi connectivity index (χ1n) is 6.56. The molecule has 1 atom stereocenters. The Morgan fingerprint density at radius 2 is 2.18 bits per heavy atom. The van der Waals surface area contributed by atoms with Crippen molar-refractivity contribution in [1.82, 2.24) is 4.90 Å². The first kappa shape index (κ1) is 15.3. The van der Waals surface area contributed by atoms with Crippen LogP contribution < -0.4 is 0 Å². The molecule has 1 fully saturated rings. The molecule has 0 aromatic carbocycles. The molecule has 0 aromatic rings. The highest BCUT2D eigenvalue weighted by atomic mass is 35.5. The van der Waals surface area contributed by atoms with Gasteiger partial charge in [0.2, 0.25) is 0 Å². The average Bonchev–Trinajstić information content (AvgIpc) is 2.30. The molecule has 0 amide bonds. The van der Waals surface area contributed by atoms with E-state index in [0.29, 0.717) is 11.7 Å². The molecule has 1 saturated heterocycles. The molecule has 102 valence electrons. The third-order valence-corrected chi connectivity index (χ3v) is 5.50. The SMILES string of the molecule is CCS(=O)(=O)CCCN1CCCC(CCCl)C1. The van der Waals surface area contributed by atoms with Gasteiger partial charge in [0.25, 0.3) is 0 Å². The smallest absolute Gasteiger partial charge is 0.150 e. The summed E-state index contributed by atoms with van der Waals surface area (Å²) >= 11 is 5.77. The zero-order valence-electron chi connectivity index (χ0n) is 10.7. The molecule has 0 aliphatic carbocycles. The van der Waals surface area contributed by atoms with E-state index in [0.717, 1.165) is 38.4 Å². The van der Waals surface area contributed by atoms with Crippen molar-refractivity contribution >= 4 is 21.4 Å². The van der Waals surface area contributed by atoms with E-state index in [1.165, 1.54) is 12.8 Å². The van der Waals surface area contributed by atoms with E-state index in [9.17, 15) is 8.42 Å². The molecule has 1 heterocycles. The first-order chi connectivity index (χ1) is 8.07. The predicted molar refractivity (Wildman–Crippen MR) is 73.4 cm³/mol. The number of nitrogens with zero attached hydrogens (tertiary/aromatic N) is 1. The van der Waals surface area contributed by atoms with Crippen LogP contribution in [0.25, 0.3) is 0 Å². The number of sulfone groups is 1. The van der Waals surface area contributed by atoms with Crippen LogP contribution in [0.5, 0.6) is 0 Å². The Morgan fingerprint density at radius 3 is 2.82 bits per heavy atom. The van der Waals surface area contributed by atoms with E-state index in [1.807, 2.05) is 0 Å². The molecule has 0 saturated carbocycles. The van der Waals surface area contributed by atoms with Gasteiger partial charge in [-0.2, -0.15) is 0 Å². The van der Waals surface area contributed by atoms with Crippen LogP contribution in [0.1, 0.15) is 32.6 Å². The molecule has 1 rings (SSSR count). The largest absolute Gasteiger partial charge is 0.303 e. The van der Waals surface area contributed by atoms with Crippen molar-refractivity contribution in [2.45, 2.75) is 32.6 Å². The maximum atomic E-state index is 11.4. The van der Waals surface area contributed by atoms with E-state index in [4.69, 9.17) is 11.6 Å². The number of halogens is 1. The van der Waals surface area contributed by atoms with Gasteiger partial charge in [-0.15, -0.1) is 11.6 Å². The highest BCUT2D eigenvalue weighted by Crippen LogP contribution is 2.20.